The van der Waals surface area contributed by atoms with E-state index in [-0.39, 0.29) is 0 Å². The lowest BCUT2D eigenvalue weighted by Gasteiger charge is -2.16. The molecule has 0 heterocycles. The van der Waals surface area contributed by atoms with Crippen LogP contribution in [0.3, 0.4) is 0 Å². The molecule has 1 atom stereocenters. The molecule has 3 nitrogen and oxygen atoms in total. The lowest BCUT2D eigenvalue weighted by atomic mass is 10.1. The number of primary amides is 1. The quantitative estimate of drug-likeness (QED) is 0.654. The summed E-state index contributed by atoms with van der Waals surface area (Å²) < 4.78 is 0. The van der Waals surface area contributed by atoms with Crippen LogP contribution in [0.5, 0.6) is 0 Å². The van der Waals surface area contributed by atoms with Gasteiger partial charge in [0.25, 0.3) is 0 Å². The average Bonchev–Trinajstić information content (AvgIpc) is 2.38. The molecule has 1 aromatic carbocycles. The lowest BCUT2D eigenvalue weighted by molar-refractivity contribution is 0.100. The molecule has 20 heavy (non-hydrogen) atoms. The average molecular weight is 297 g/mol. The summed E-state index contributed by atoms with van der Waals surface area (Å²) in [6.07, 6.45) is 7.59. The molecular formula is C16H25ClN2O. The molecule has 1 unspecified atom stereocenters. The zero-order valence-corrected chi connectivity index (χ0v) is 13.2. The first-order valence-corrected chi connectivity index (χ1v) is 7.78. The van der Waals surface area contributed by atoms with Gasteiger partial charge >= 0.3 is 0 Å². The predicted octanol–water partition coefficient (Wildman–Crippen LogP) is 4.60. The van der Waals surface area contributed by atoms with Crippen molar-refractivity contribution in [2.24, 2.45) is 5.73 Å². The SMILES string of the molecule is CCCCCCCC(C)Nc1ccc(C(N)=O)c(Cl)c1. The van der Waals surface area contributed by atoms with Crippen LogP contribution < -0.4 is 11.1 Å². The molecule has 0 aliphatic carbocycles. The minimum atomic E-state index is -0.495. The molecule has 0 aliphatic rings. The predicted molar refractivity (Wildman–Crippen MR) is 86.4 cm³/mol. The first-order chi connectivity index (χ1) is 9.54. The van der Waals surface area contributed by atoms with Gasteiger partial charge in [0.2, 0.25) is 5.91 Å². The van der Waals surface area contributed by atoms with Crippen LogP contribution in [0.15, 0.2) is 18.2 Å². The van der Waals surface area contributed by atoms with Gasteiger partial charge in [0, 0.05) is 11.7 Å². The number of rotatable bonds is 9. The zero-order chi connectivity index (χ0) is 15.0. The maximum atomic E-state index is 11.1. The number of amides is 1. The molecule has 0 saturated heterocycles. The minimum absolute atomic E-state index is 0.365. The van der Waals surface area contributed by atoms with Gasteiger partial charge in [-0.05, 0) is 31.5 Å². The molecule has 3 N–H and O–H groups in total. The van der Waals surface area contributed by atoms with Crippen molar-refractivity contribution in [3.63, 3.8) is 0 Å². The van der Waals surface area contributed by atoms with Crippen LogP contribution in [0.1, 0.15) is 62.7 Å². The fourth-order valence-corrected chi connectivity index (χ4v) is 2.49. The molecule has 4 heteroatoms. The summed E-state index contributed by atoms with van der Waals surface area (Å²) in [6.45, 7) is 4.39. The molecule has 1 aromatic rings. The largest absolute Gasteiger partial charge is 0.383 e. The number of benzene rings is 1. The second kappa shape index (κ2) is 8.85. The van der Waals surface area contributed by atoms with Crippen LogP contribution in [-0.2, 0) is 0 Å². The first kappa shape index (κ1) is 16.8. The van der Waals surface area contributed by atoms with Gasteiger partial charge in [0.05, 0.1) is 10.6 Å². The molecule has 0 saturated carbocycles. The molecule has 1 amide bonds. The highest BCUT2D eigenvalue weighted by Gasteiger charge is 2.08. The molecule has 0 aromatic heterocycles. The van der Waals surface area contributed by atoms with E-state index in [1.54, 1.807) is 12.1 Å². The number of unbranched alkanes of at least 4 members (excludes halogenated alkanes) is 4. The number of anilines is 1. The number of nitrogens with two attached hydrogens (primary N) is 1. The summed E-state index contributed by atoms with van der Waals surface area (Å²) in [5, 5.41) is 3.80. The Bertz CT molecular complexity index is 434. The van der Waals surface area contributed by atoms with Gasteiger partial charge < -0.3 is 11.1 Å². The highest BCUT2D eigenvalue weighted by Crippen LogP contribution is 2.21. The van der Waals surface area contributed by atoms with E-state index in [0.717, 1.165) is 12.1 Å². The summed E-state index contributed by atoms with van der Waals surface area (Å²) >= 11 is 6.03. The van der Waals surface area contributed by atoms with E-state index in [4.69, 9.17) is 17.3 Å². The van der Waals surface area contributed by atoms with Gasteiger partial charge in [-0.25, -0.2) is 0 Å². The fourth-order valence-electron chi connectivity index (χ4n) is 2.22. The van der Waals surface area contributed by atoms with Crippen molar-refractivity contribution in [1.29, 1.82) is 0 Å². The standard InChI is InChI=1S/C16H25ClN2O/c1-3-4-5-6-7-8-12(2)19-13-9-10-14(16(18)20)15(17)11-13/h9-12,19H,3-8H2,1-2H3,(H2,18,20). The summed E-state index contributed by atoms with van der Waals surface area (Å²) in [7, 11) is 0. The maximum absolute atomic E-state index is 11.1. The van der Waals surface area contributed by atoms with Crippen molar-refractivity contribution in [3.05, 3.63) is 28.8 Å². The summed E-state index contributed by atoms with van der Waals surface area (Å²) in [4.78, 5) is 11.1. The Morgan fingerprint density at radius 2 is 2.00 bits per heavy atom. The third-order valence-corrected chi connectivity index (χ3v) is 3.70. The van der Waals surface area contributed by atoms with Gasteiger partial charge in [-0.15, -0.1) is 0 Å². The van der Waals surface area contributed by atoms with Crippen molar-refractivity contribution < 1.29 is 4.79 Å². The molecule has 112 valence electrons. The first-order valence-electron chi connectivity index (χ1n) is 7.40. The van der Waals surface area contributed by atoms with E-state index in [0.29, 0.717) is 16.6 Å². The van der Waals surface area contributed by atoms with Crippen LogP contribution in [0.4, 0.5) is 5.69 Å². The van der Waals surface area contributed by atoms with Crippen molar-refractivity contribution in [3.8, 4) is 0 Å². The topological polar surface area (TPSA) is 55.1 Å². The molecule has 0 spiro atoms. The van der Waals surface area contributed by atoms with Gasteiger partial charge in [0.15, 0.2) is 0 Å². The molecule has 0 fully saturated rings. The Morgan fingerprint density at radius 3 is 2.60 bits per heavy atom. The number of nitrogens with one attached hydrogen (secondary N) is 1. The van der Waals surface area contributed by atoms with Crippen LogP contribution in [0.2, 0.25) is 5.02 Å². The molecular weight excluding hydrogens is 272 g/mol. The van der Waals surface area contributed by atoms with E-state index < -0.39 is 5.91 Å². The smallest absolute Gasteiger partial charge is 0.250 e. The number of carbonyl (C=O) groups is 1. The molecule has 0 radical (unpaired) electrons. The molecule has 0 bridgehead atoms. The van der Waals surface area contributed by atoms with Gasteiger partial charge in [-0.2, -0.15) is 0 Å². The van der Waals surface area contributed by atoms with Crippen LogP contribution in [0, 0.1) is 0 Å². The maximum Gasteiger partial charge on any atom is 0.250 e. The summed E-state index contributed by atoms with van der Waals surface area (Å²) in [6, 6.07) is 5.67. The Balaban J connectivity index is 2.40. The highest BCUT2D eigenvalue weighted by molar-refractivity contribution is 6.34. The van der Waals surface area contributed by atoms with Crippen molar-refractivity contribution in [2.75, 3.05) is 5.32 Å². The Hall–Kier alpha value is -1.22. The monoisotopic (exact) mass is 296 g/mol. The highest BCUT2D eigenvalue weighted by atomic mass is 35.5. The van der Waals surface area contributed by atoms with E-state index in [1.807, 2.05) is 6.07 Å². The third-order valence-electron chi connectivity index (χ3n) is 3.39. The van der Waals surface area contributed by atoms with Crippen molar-refractivity contribution in [1.82, 2.24) is 0 Å². The van der Waals surface area contributed by atoms with E-state index in [2.05, 4.69) is 19.2 Å². The van der Waals surface area contributed by atoms with Gasteiger partial charge in [0.1, 0.15) is 0 Å². The fraction of sp³-hybridized carbons (Fsp3) is 0.562. The number of hydrogen-bond acceptors (Lipinski definition) is 2. The molecule has 0 aliphatic heterocycles. The van der Waals surface area contributed by atoms with E-state index in [9.17, 15) is 4.79 Å². The Morgan fingerprint density at radius 1 is 1.30 bits per heavy atom. The second-order valence-corrected chi connectivity index (χ2v) is 5.71. The normalized spacial score (nSPS) is 12.2. The number of hydrogen-bond donors (Lipinski definition) is 2. The minimum Gasteiger partial charge on any atom is -0.383 e. The number of halogens is 1. The summed E-state index contributed by atoms with van der Waals surface area (Å²) in [5.74, 6) is -0.495. The van der Waals surface area contributed by atoms with Crippen molar-refractivity contribution in [2.45, 2.75) is 58.4 Å². The summed E-state index contributed by atoms with van der Waals surface area (Å²) in [5.41, 5.74) is 6.52. The van der Waals surface area contributed by atoms with Crippen LogP contribution in [-0.4, -0.2) is 11.9 Å². The third kappa shape index (κ3) is 5.83. The lowest BCUT2D eigenvalue weighted by Crippen LogP contribution is -2.16. The van der Waals surface area contributed by atoms with Crippen molar-refractivity contribution >= 4 is 23.2 Å². The van der Waals surface area contributed by atoms with Crippen LogP contribution in [0.25, 0.3) is 0 Å². The Labute approximate surface area is 126 Å². The van der Waals surface area contributed by atoms with Gasteiger partial charge in [-0.3, -0.25) is 4.79 Å². The number of carbonyl (C=O) groups excluding carboxylic acids is 1. The Kier molecular flexibility index (Phi) is 7.45. The van der Waals surface area contributed by atoms with E-state index in [1.165, 1.54) is 32.1 Å². The molecule has 1 rings (SSSR count). The second-order valence-electron chi connectivity index (χ2n) is 5.31. The zero-order valence-electron chi connectivity index (χ0n) is 12.4. The van der Waals surface area contributed by atoms with Crippen LogP contribution >= 0.6 is 11.6 Å². The van der Waals surface area contributed by atoms with E-state index >= 15 is 0 Å². The van der Waals surface area contributed by atoms with Gasteiger partial charge in [-0.1, -0.05) is 50.6 Å².